The van der Waals surface area contributed by atoms with Crippen molar-refractivity contribution in [2.24, 2.45) is 0 Å². The first-order valence-corrected chi connectivity index (χ1v) is 11.2. The number of amides is 1. The van der Waals surface area contributed by atoms with Gasteiger partial charge in [0.05, 0.1) is 12.0 Å². The molecule has 0 unspecified atom stereocenters. The summed E-state index contributed by atoms with van der Waals surface area (Å²) < 4.78 is 32.6. The minimum absolute atomic E-state index is 0.146. The summed E-state index contributed by atoms with van der Waals surface area (Å²) in [5, 5.41) is 2.71. The number of hydrogen-bond donors (Lipinski definition) is 2. The Hall–Kier alpha value is -3.42. The number of benzene rings is 3. The SMILES string of the molecule is COc1ccc(/C=C/C(=O)Nc2ccc(S(=O)(=O)NCCc3ccccc3)cc2)cc1. The number of sulfonamides is 1. The van der Waals surface area contributed by atoms with Gasteiger partial charge < -0.3 is 10.1 Å². The molecule has 0 heterocycles. The lowest BCUT2D eigenvalue weighted by Gasteiger charge is -2.08. The molecule has 7 heteroatoms. The van der Waals surface area contributed by atoms with Gasteiger partial charge in [0.1, 0.15) is 5.75 Å². The summed E-state index contributed by atoms with van der Waals surface area (Å²) in [7, 11) is -2.02. The quantitative estimate of drug-likeness (QED) is 0.499. The lowest BCUT2D eigenvalue weighted by molar-refractivity contribution is -0.111. The summed E-state index contributed by atoms with van der Waals surface area (Å²) in [6, 6.07) is 23.0. The third kappa shape index (κ3) is 6.80. The van der Waals surface area contributed by atoms with Crippen LogP contribution in [0.2, 0.25) is 0 Å². The maximum absolute atomic E-state index is 12.4. The first-order chi connectivity index (χ1) is 15.0. The molecule has 0 aromatic heterocycles. The average molecular weight is 437 g/mol. The van der Waals surface area contributed by atoms with Gasteiger partial charge in [-0.1, -0.05) is 42.5 Å². The van der Waals surface area contributed by atoms with E-state index < -0.39 is 10.0 Å². The van der Waals surface area contributed by atoms with Crippen LogP contribution in [-0.4, -0.2) is 28.0 Å². The summed E-state index contributed by atoms with van der Waals surface area (Å²) in [5.74, 6) is 0.429. The van der Waals surface area contributed by atoms with Crippen molar-refractivity contribution in [1.29, 1.82) is 0 Å². The second-order valence-electron chi connectivity index (χ2n) is 6.75. The van der Waals surface area contributed by atoms with E-state index in [0.29, 0.717) is 18.7 Å². The highest BCUT2D eigenvalue weighted by Crippen LogP contribution is 2.15. The van der Waals surface area contributed by atoms with Gasteiger partial charge in [-0.2, -0.15) is 0 Å². The summed E-state index contributed by atoms with van der Waals surface area (Å²) >= 11 is 0. The van der Waals surface area contributed by atoms with E-state index in [1.807, 2.05) is 54.6 Å². The lowest BCUT2D eigenvalue weighted by Crippen LogP contribution is -2.26. The highest BCUT2D eigenvalue weighted by Gasteiger charge is 2.13. The van der Waals surface area contributed by atoms with Crippen molar-refractivity contribution < 1.29 is 17.9 Å². The molecule has 0 aliphatic rings. The smallest absolute Gasteiger partial charge is 0.248 e. The van der Waals surface area contributed by atoms with Gasteiger partial charge in [-0.15, -0.1) is 0 Å². The molecule has 2 N–H and O–H groups in total. The third-order valence-corrected chi connectivity index (χ3v) is 6.00. The van der Waals surface area contributed by atoms with Gasteiger partial charge in [0, 0.05) is 18.3 Å². The van der Waals surface area contributed by atoms with Crippen molar-refractivity contribution in [2.45, 2.75) is 11.3 Å². The predicted octanol–water partition coefficient (Wildman–Crippen LogP) is 3.87. The minimum Gasteiger partial charge on any atom is -0.497 e. The van der Waals surface area contributed by atoms with E-state index in [0.717, 1.165) is 16.9 Å². The average Bonchev–Trinajstić information content (AvgIpc) is 2.79. The van der Waals surface area contributed by atoms with Crippen LogP contribution in [-0.2, 0) is 21.2 Å². The monoisotopic (exact) mass is 436 g/mol. The Labute approximate surface area is 182 Å². The molecule has 0 aliphatic heterocycles. The largest absolute Gasteiger partial charge is 0.497 e. The molecule has 0 aliphatic carbocycles. The van der Waals surface area contributed by atoms with Gasteiger partial charge in [0.15, 0.2) is 0 Å². The number of carbonyl (C=O) groups excluding carboxylic acids is 1. The molecule has 0 radical (unpaired) electrons. The van der Waals surface area contributed by atoms with Crippen LogP contribution in [0.4, 0.5) is 5.69 Å². The van der Waals surface area contributed by atoms with Gasteiger partial charge in [0.25, 0.3) is 0 Å². The van der Waals surface area contributed by atoms with E-state index in [2.05, 4.69) is 10.0 Å². The van der Waals surface area contributed by atoms with Gasteiger partial charge in [-0.3, -0.25) is 4.79 Å². The van der Waals surface area contributed by atoms with Crippen LogP contribution in [0.15, 0.2) is 89.8 Å². The molecule has 0 spiro atoms. The molecule has 3 aromatic carbocycles. The van der Waals surface area contributed by atoms with Crippen LogP contribution < -0.4 is 14.8 Å². The fourth-order valence-electron chi connectivity index (χ4n) is 2.85. The van der Waals surface area contributed by atoms with Gasteiger partial charge in [-0.05, 0) is 60.0 Å². The van der Waals surface area contributed by atoms with E-state index in [1.54, 1.807) is 25.3 Å². The Morgan fingerprint density at radius 2 is 1.61 bits per heavy atom. The van der Waals surface area contributed by atoms with Gasteiger partial charge in [0.2, 0.25) is 15.9 Å². The zero-order valence-corrected chi connectivity index (χ0v) is 17.9. The molecule has 0 saturated heterocycles. The number of ether oxygens (including phenoxy) is 1. The minimum atomic E-state index is -3.61. The molecule has 3 aromatic rings. The summed E-state index contributed by atoms with van der Waals surface area (Å²) in [5.41, 5.74) is 2.43. The Bertz CT molecular complexity index is 1120. The topological polar surface area (TPSA) is 84.5 Å². The molecule has 0 fully saturated rings. The molecular formula is C24H24N2O4S. The van der Waals surface area contributed by atoms with Crippen molar-refractivity contribution in [3.63, 3.8) is 0 Å². The van der Waals surface area contributed by atoms with E-state index in [1.165, 1.54) is 18.2 Å². The Balaban J connectivity index is 1.53. The van der Waals surface area contributed by atoms with E-state index in [9.17, 15) is 13.2 Å². The molecule has 0 saturated carbocycles. The maximum atomic E-state index is 12.4. The lowest BCUT2D eigenvalue weighted by atomic mass is 10.2. The molecule has 3 rings (SSSR count). The second kappa shape index (κ2) is 10.6. The summed E-state index contributed by atoms with van der Waals surface area (Å²) in [4.78, 5) is 12.3. The fourth-order valence-corrected chi connectivity index (χ4v) is 3.88. The van der Waals surface area contributed by atoms with Crippen molar-refractivity contribution in [3.05, 3.63) is 96.1 Å². The standard InChI is InChI=1S/C24H24N2O4S/c1-30-22-12-7-20(8-13-22)9-16-24(27)26-21-10-14-23(15-11-21)31(28,29)25-18-17-19-5-3-2-4-6-19/h2-16,25H,17-18H2,1H3,(H,26,27)/b16-9+. The first kappa shape index (κ1) is 22.3. The Morgan fingerprint density at radius 3 is 2.26 bits per heavy atom. The predicted molar refractivity (Wildman–Crippen MR) is 122 cm³/mol. The molecular weight excluding hydrogens is 412 g/mol. The third-order valence-electron chi connectivity index (χ3n) is 4.52. The van der Waals surface area contributed by atoms with Crippen LogP contribution in [0.1, 0.15) is 11.1 Å². The number of anilines is 1. The number of hydrogen-bond acceptors (Lipinski definition) is 4. The van der Waals surface area contributed by atoms with Crippen molar-refractivity contribution in [2.75, 3.05) is 19.0 Å². The van der Waals surface area contributed by atoms with E-state index in [-0.39, 0.29) is 10.8 Å². The normalized spacial score (nSPS) is 11.4. The van der Waals surface area contributed by atoms with Crippen LogP contribution in [0.25, 0.3) is 6.08 Å². The molecule has 0 atom stereocenters. The summed E-state index contributed by atoms with van der Waals surface area (Å²) in [6.45, 7) is 0.307. The first-order valence-electron chi connectivity index (χ1n) is 9.73. The van der Waals surface area contributed by atoms with E-state index >= 15 is 0 Å². The van der Waals surface area contributed by atoms with Crippen LogP contribution in [0.5, 0.6) is 5.75 Å². The second-order valence-corrected chi connectivity index (χ2v) is 8.52. The van der Waals surface area contributed by atoms with Crippen molar-refractivity contribution >= 4 is 27.7 Å². The zero-order chi connectivity index (χ0) is 22.1. The molecule has 6 nitrogen and oxygen atoms in total. The highest BCUT2D eigenvalue weighted by atomic mass is 32.2. The number of nitrogens with one attached hydrogen (secondary N) is 2. The van der Waals surface area contributed by atoms with Gasteiger partial charge in [-0.25, -0.2) is 13.1 Å². The molecule has 160 valence electrons. The fraction of sp³-hybridized carbons (Fsp3) is 0.125. The zero-order valence-electron chi connectivity index (χ0n) is 17.1. The van der Waals surface area contributed by atoms with Crippen LogP contribution in [0.3, 0.4) is 0 Å². The molecule has 0 bridgehead atoms. The van der Waals surface area contributed by atoms with Crippen molar-refractivity contribution in [3.8, 4) is 5.75 Å². The van der Waals surface area contributed by atoms with Gasteiger partial charge >= 0.3 is 0 Å². The number of carbonyl (C=O) groups is 1. The molecule has 1 amide bonds. The van der Waals surface area contributed by atoms with E-state index in [4.69, 9.17) is 4.74 Å². The highest BCUT2D eigenvalue weighted by molar-refractivity contribution is 7.89. The molecule has 31 heavy (non-hydrogen) atoms. The van der Waals surface area contributed by atoms with Crippen LogP contribution >= 0.6 is 0 Å². The maximum Gasteiger partial charge on any atom is 0.248 e. The number of methoxy groups -OCH3 is 1. The number of rotatable bonds is 9. The Kier molecular flexibility index (Phi) is 7.59. The van der Waals surface area contributed by atoms with Crippen LogP contribution in [0, 0.1) is 0 Å². The summed E-state index contributed by atoms with van der Waals surface area (Å²) in [6.07, 6.45) is 3.70. The Morgan fingerprint density at radius 1 is 0.935 bits per heavy atom. The van der Waals surface area contributed by atoms with Crippen molar-refractivity contribution in [1.82, 2.24) is 4.72 Å².